The Kier molecular flexibility index (Phi) is 3.12. The summed E-state index contributed by atoms with van der Waals surface area (Å²) in [6, 6.07) is 0.593. The van der Waals surface area contributed by atoms with Crippen LogP contribution in [0.4, 0.5) is 10.2 Å². The van der Waals surface area contributed by atoms with Gasteiger partial charge in [-0.2, -0.15) is 4.98 Å². The van der Waals surface area contributed by atoms with E-state index in [9.17, 15) is 14.3 Å². The number of anilines is 1. The number of hydrogen-bond acceptors (Lipinski definition) is 5. The highest BCUT2D eigenvalue weighted by Gasteiger charge is 2.43. The van der Waals surface area contributed by atoms with Crippen molar-refractivity contribution in [2.75, 3.05) is 12.3 Å². The maximum atomic E-state index is 13.8. The smallest absolute Gasteiger partial charge is 0.349 e. The zero-order chi connectivity index (χ0) is 12.6. The normalized spacial score (nSPS) is 32.9. The van der Waals surface area contributed by atoms with Crippen LogP contribution in [0.5, 0.6) is 0 Å². The Morgan fingerprint density at radius 2 is 2.35 bits per heavy atom. The van der Waals surface area contributed by atoms with Crippen LogP contribution in [0.2, 0.25) is 0 Å². The third-order valence-corrected chi connectivity index (χ3v) is 3.16. The van der Waals surface area contributed by atoms with Gasteiger partial charge in [0.15, 0.2) is 0 Å². The molecule has 0 spiro atoms. The molecule has 0 amide bonds. The fourth-order valence-corrected chi connectivity index (χ4v) is 2.20. The van der Waals surface area contributed by atoms with Gasteiger partial charge in [-0.3, -0.25) is 4.57 Å². The standard InChI is InChI=1S/C10H14FN3O3/c11-8-6(3-5(4-15)9(8)16)14-2-1-7(12)13-10(14)17/h1-2,5-6,8-9,15-16H,3-4H2,(H2,12,13,17)/t5-,6-,8+,9-/m1/s1. The van der Waals surface area contributed by atoms with Crippen molar-refractivity contribution >= 4 is 5.82 Å². The minimum absolute atomic E-state index is 0.0684. The molecular formula is C10H14FN3O3. The van der Waals surface area contributed by atoms with Gasteiger partial charge in [0.25, 0.3) is 0 Å². The molecule has 1 aromatic heterocycles. The molecule has 1 aromatic rings. The number of nitrogens with two attached hydrogens (primary N) is 1. The number of aliphatic hydroxyl groups excluding tert-OH is 2. The SMILES string of the molecule is Nc1ccn([C@@H]2C[C@H](CO)[C@@H](O)[C@H]2F)c(=O)n1. The van der Waals surface area contributed by atoms with Crippen molar-refractivity contribution in [2.45, 2.75) is 24.7 Å². The molecule has 0 aromatic carbocycles. The molecule has 1 heterocycles. The first-order valence-electron chi connectivity index (χ1n) is 5.32. The van der Waals surface area contributed by atoms with Gasteiger partial charge >= 0.3 is 5.69 Å². The number of nitrogen functional groups attached to an aromatic ring is 1. The van der Waals surface area contributed by atoms with Crippen molar-refractivity contribution in [3.8, 4) is 0 Å². The zero-order valence-corrected chi connectivity index (χ0v) is 9.03. The molecule has 1 aliphatic rings. The maximum Gasteiger partial charge on any atom is 0.349 e. The van der Waals surface area contributed by atoms with E-state index in [1.54, 1.807) is 0 Å². The van der Waals surface area contributed by atoms with Gasteiger partial charge in [-0.15, -0.1) is 0 Å². The summed E-state index contributed by atoms with van der Waals surface area (Å²) in [6.07, 6.45) is -1.29. The lowest BCUT2D eigenvalue weighted by molar-refractivity contribution is 0.0395. The van der Waals surface area contributed by atoms with Crippen LogP contribution in [0, 0.1) is 5.92 Å². The van der Waals surface area contributed by atoms with E-state index >= 15 is 0 Å². The van der Waals surface area contributed by atoms with Crippen LogP contribution >= 0.6 is 0 Å². The lowest BCUT2D eigenvalue weighted by Crippen LogP contribution is -2.32. The van der Waals surface area contributed by atoms with Crippen molar-refractivity contribution in [3.05, 3.63) is 22.7 Å². The Hall–Kier alpha value is -1.47. The van der Waals surface area contributed by atoms with E-state index in [4.69, 9.17) is 10.8 Å². The van der Waals surface area contributed by atoms with E-state index in [1.807, 2.05) is 0 Å². The molecule has 0 unspecified atom stereocenters. The molecule has 17 heavy (non-hydrogen) atoms. The van der Waals surface area contributed by atoms with Gasteiger partial charge in [-0.1, -0.05) is 0 Å². The van der Waals surface area contributed by atoms with E-state index < -0.39 is 29.9 Å². The minimum atomic E-state index is -1.59. The van der Waals surface area contributed by atoms with Crippen molar-refractivity contribution in [1.82, 2.24) is 9.55 Å². The van der Waals surface area contributed by atoms with Gasteiger partial charge in [-0.25, -0.2) is 9.18 Å². The average molecular weight is 243 g/mol. The summed E-state index contributed by atoms with van der Waals surface area (Å²) >= 11 is 0. The third kappa shape index (κ3) is 2.03. The number of rotatable bonds is 2. The summed E-state index contributed by atoms with van der Waals surface area (Å²) in [5, 5.41) is 18.5. The van der Waals surface area contributed by atoms with E-state index in [0.29, 0.717) is 0 Å². The van der Waals surface area contributed by atoms with E-state index in [1.165, 1.54) is 12.3 Å². The third-order valence-electron chi connectivity index (χ3n) is 3.16. The van der Waals surface area contributed by atoms with Gasteiger partial charge in [0.1, 0.15) is 12.0 Å². The molecular weight excluding hydrogens is 229 g/mol. The van der Waals surface area contributed by atoms with Gasteiger partial charge in [0.05, 0.1) is 12.1 Å². The highest BCUT2D eigenvalue weighted by molar-refractivity contribution is 5.23. The molecule has 1 saturated carbocycles. The van der Waals surface area contributed by atoms with Crippen LogP contribution in [-0.4, -0.2) is 38.6 Å². The van der Waals surface area contributed by atoms with Crippen molar-refractivity contribution in [2.24, 2.45) is 5.92 Å². The first kappa shape index (κ1) is 12.0. The fraction of sp³-hybridized carbons (Fsp3) is 0.600. The number of aromatic nitrogens is 2. The molecule has 94 valence electrons. The molecule has 1 aliphatic carbocycles. The van der Waals surface area contributed by atoms with Crippen LogP contribution in [0.25, 0.3) is 0 Å². The molecule has 0 saturated heterocycles. The van der Waals surface area contributed by atoms with Gasteiger partial charge in [0, 0.05) is 18.7 Å². The predicted molar refractivity (Wildman–Crippen MR) is 58.0 cm³/mol. The Morgan fingerprint density at radius 3 is 2.88 bits per heavy atom. The number of aliphatic hydroxyl groups is 2. The largest absolute Gasteiger partial charge is 0.396 e. The number of hydrogen-bond donors (Lipinski definition) is 3. The van der Waals surface area contributed by atoms with Crippen molar-refractivity contribution in [3.63, 3.8) is 0 Å². The first-order chi connectivity index (χ1) is 8.04. The lowest BCUT2D eigenvalue weighted by Gasteiger charge is -2.16. The number of halogens is 1. The molecule has 4 atom stereocenters. The van der Waals surface area contributed by atoms with Gasteiger partial charge in [-0.05, 0) is 12.5 Å². The van der Waals surface area contributed by atoms with Gasteiger partial charge in [0.2, 0.25) is 0 Å². The van der Waals surface area contributed by atoms with E-state index in [0.717, 1.165) is 4.57 Å². The van der Waals surface area contributed by atoms with Crippen LogP contribution in [0.1, 0.15) is 12.5 Å². The summed E-state index contributed by atoms with van der Waals surface area (Å²) in [5.74, 6) is -0.488. The topological polar surface area (TPSA) is 101 Å². The van der Waals surface area contributed by atoms with Crippen LogP contribution in [-0.2, 0) is 0 Å². The summed E-state index contributed by atoms with van der Waals surface area (Å²) in [7, 11) is 0. The highest BCUT2D eigenvalue weighted by Crippen LogP contribution is 2.36. The second-order valence-electron chi connectivity index (χ2n) is 4.22. The number of alkyl halides is 1. The van der Waals surface area contributed by atoms with Crippen molar-refractivity contribution < 1.29 is 14.6 Å². The first-order valence-corrected chi connectivity index (χ1v) is 5.32. The highest BCUT2D eigenvalue weighted by atomic mass is 19.1. The monoisotopic (exact) mass is 243 g/mol. The van der Waals surface area contributed by atoms with Gasteiger partial charge < -0.3 is 15.9 Å². The fourth-order valence-electron chi connectivity index (χ4n) is 2.20. The van der Waals surface area contributed by atoms with Crippen LogP contribution < -0.4 is 11.4 Å². The second kappa shape index (κ2) is 4.42. The van der Waals surface area contributed by atoms with Crippen LogP contribution in [0.3, 0.4) is 0 Å². The zero-order valence-electron chi connectivity index (χ0n) is 9.03. The Labute approximate surface area is 96.5 Å². The molecule has 0 bridgehead atoms. The Balaban J connectivity index is 2.32. The van der Waals surface area contributed by atoms with E-state index in [-0.39, 0.29) is 18.8 Å². The summed E-state index contributed by atoms with van der Waals surface area (Å²) < 4.78 is 14.9. The average Bonchev–Trinajstić information content (AvgIpc) is 2.57. The Bertz CT molecular complexity index is 464. The minimum Gasteiger partial charge on any atom is -0.396 e. The lowest BCUT2D eigenvalue weighted by atomic mass is 10.1. The molecule has 4 N–H and O–H groups in total. The molecule has 7 heteroatoms. The summed E-state index contributed by atoms with van der Waals surface area (Å²) in [6.45, 7) is -0.310. The molecule has 6 nitrogen and oxygen atoms in total. The summed E-state index contributed by atoms with van der Waals surface area (Å²) in [4.78, 5) is 15.0. The van der Waals surface area contributed by atoms with Crippen LogP contribution in [0.15, 0.2) is 17.1 Å². The molecule has 2 rings (SSSR count). The Morgan fingerprint density at radius 1 is 1.65 bits per heavy atom. The predicted octanol–water partition coefficient (Wildman–Crippen LogP) is -0.922. The molecule has 1 fully saturated rings. The van der Waals surface area contributed by atoms with E-state index in [2.05, 4.69) is 4.98 Å². The maximum absolute atomic E-state index is 13.8. The molecule has 0 radical (unpaired) electrons. The summed E-state index contributed by atoms with van der Waals surface area (Å²) in [5.41, 5.74) is 4.68. The number of nitrogens with zero attached hydrogens (tertiary/aromatic N) is 2. The molecule has 0 aliphatic heterocycles. The van der Waals surface area contributed by atoms with Crippen molar-refractivity contribution in [1.29, 1.82) is 0 Å². The quantitative estimate of drug-likeness (QED) is 0.623. The second-order valence-corrected chi connectivity index (χ2v) is 4.22.